The van der Waals surface area contributed by atoms with Gasteiger partial charge in [-0.25, -0.2) is 10.4 Å². The van der Waals surface area contributed by atoms with Gasteiger partial charge in [0.15, 0.2) is 0 Å². The van der Waals surface area contributed by atoms with Crippen molar-refractivity contribution in [1.29, 1.82) is 0 Å². The van der Waals surface area contributed by atoms with E-state index in [9.17, 15) is 4.79 Å². The number of benzene rings is 1. The summed E-state index contributed by atoms with van der Waals surface area (Å²) in [6, 6.07) is 13.0. The highest BCUT2D eigenvalue weighted by Gasteiger charge is 2.11. The number of aryl methyl sites for hydroxylation is 1. The number of carbonyl (C=O) groups excluding carboxylic acids is 1. The number of nitrogens with one attached hydrogen (secondary N) is 1. The van der Waals surface area contributed by atoms with E-state index in [0.29, 0.717) is 17.4 Å². The molecule has 110 valence electrons. The van der Waals surface area contributed by atoms with Gasteiger partial charge in [0.05, 0.1) is 11.0 Å². The van der Waals surface area contributed by atoms with Gasteiger partial charge >= 0.3 is 0 Å². The van der Waals surface area contributed by atoms with Crippen LogP contribution in [0, 0.1) is 0 Å². The Labute approximate surface area is 127 Å². The van der Waals surface area contributed by atoms with Crippen LogP contribution in [0.2, 0.25) is 0 Å². The summed E-state index contributed by atoms with van der Waals surface area (Å²) < 4.78 is 1.89. The van der Waals surface area contributed by atoms with Gasteiger partial charge in [-0.1, -0.05) is 18.2 Å². The molecule has 3 aromatic rings. The van der Waals surface area contributed by atoms with Crippen molar-refractivity contribution in [2.45, 2.75) is 6.92 Å². The summed E-state index contributed by atoms with van der Waals surface area (Å²) in [5, 5.41) is 4.12. The fourth-order valence-corrected chi connectivity index (χ4v) is 2.11. The highest BCUT2D eigenvalue weighted by atomic mass is 16.1. The molecule has 6 nitrogen and oxygen atoms in total. The number of fused-ring (bicyclic) bond motifs is 1. The van der Waals surface area contributed by atoms with Crippen LogP contribution in [0.5, 0.6) is 0 Å². The van der Waals surface area contributed by atoms with Gasteiger partial charge < -0.3 is 4.57 Å². The first-order valence-electron chi connectivity index (χ1n) is 6.84. The molecule has 0 radical (unpaired) electrons. The zero-order valence-corrected chi connectivity index (χ0v) is 12.3. The molecule has 6 heteroatoms. The summed E-state index contributed by atoms with van der Waals surface area (Å²) >= 11 is 0. The van der Waals surface area contributed by atoms with E-state index in [-0.39, 0.29) is 5.78 Å². The standard InChI is InChI=1S/C16H15N5O/c1-11(15(22)13-8-5-6-10-17-13)19-20-16-18-12-7-3-4-9-14(12)21(16)2/h3-10H,1-2H3,(H,18,20)/b19-11-. The number of imidazole rings is 1. The summed E-state index contributed by atoms with van der Waals surface area (Å²) in [7, 11) is 1.89. The second-order valence-corrected chi connectivity index (χ2v) is 4.84. The maximum Gasteiger partial charge on any atom is 0.226 e. The lowest BCUT2D eigenvalue weighted by atomic mass is 10.2. The number of anilines is 1. The Morgan fingerprint density at radius 2 is 1.95 bits per heavy atom. The van der Waals surface area contributed by atoms with Crippen molar-refractivity contribution in [1.82, 2.24) is 14.5 Å². The third-order valence-electron chi connectivity index (χ3n) is 3.34. The molecule has 22 heavy (non-hydrogen) atoms. The predicted molar refractivity (Wildman–Crippen MR) is 86.0 cm³/mol. The van der Waals surface area contributed by atoms with Crippen LogP contribution < -0.4 is 5.43 Å². The van der Waals surface area contributed by atoms with E-state index in [1.165, 1.54) is 0 Å². The topological polar surface area (TPSA) is 72.2 Å². The number of aromatic nitrogens is 3. The van der Waals surface area contributed by atoms with Gasteiger partial charge in [-0.3, -0.25) is 9.78 Å². The molecule has 1 aromatic carbocycles. The van der Waals surface area contributed by atoms with Crippen LogP contribution in [0.4, 0.5) is 5.95 Å². The van der Waals surface area contributed by atoms with Gasteiger partial charge in [-0.15, -0.1) is 0 Å². The molecule has 2 heterocycles. The van der Waals surface area contributed by atoms with Gasteiger partial charge in [0.25, 0.3) is 0 Å². The minimum absolute atomic E-state index is 0.216. The number of rotatable bonds is 4. The Balaban J connectivity index is 1.83. The molecule has 0 fully saturated rings. The summed E-state index contributed by atoms with van der Waals surface area (Å²) in [6.07, 6.45) is 1.58. The molecule has 0 saturated heterocycles. The zero-order valence-electron chi connectivity index (χ0n) is 12.3. The first-order chi connectivity index (χ1) is 10.7. The minimum atomic E-state index is -0.216. The van der Waals surface area contributed by atoms with Crippen LogP contribution in [0.15, 0.2) is 53.8 Å². The maximum absolute atomic E-state index is 12.2. The number of hydrogen-bond acceptors (Lipinski definition) is 5. The highest BCUT2D eigenvalue weighted by Crippen LogP contribution is 2.17. The maximum atomic E-state index is 12.2. The largest absolute Gasteiger partial charge is 0.312 e. The fraction of sp³-hybridized carbons (Fsp3) is 0.125. The van der Waals surface area contributed by atoms with Gasteiger partial charge in [-0.05, 0) is 31.2 Å². The van der Waals surface area contributed by atoms with E-state index in [2.05, 4.69) is 20.5 Å². The summed E-state index contributed by atoms with van der Waals surface area (Å²) in [5.74, 6) is 0.362. The Morgan fingerprint density at radius 1 is 1.18 bits per heavy atom. The Bertz CT molecular complexity index is 851. The molecule has 0 atom stereocenters. The number of pyridine rings is 1. The number of Topliss-reactive ketones (excluding diaryl/α,β-unsaturated/α-hetero) is 1. The van der Waals surface area contributed by atoms with Crippen molar-refractivity contribution >= 4 is 28.5 Å². The average molecular weight is 293 g/mol. The molecule has 3 rings (SSSR count). The number of nitrogens with zero attached hydrogens (tertiary/aromatic N) is 4. The van der Waals surface area contributed by atoms with Crippen molar-refractivity contribution in [3.05, 3.63) is 54.4 Å². The lowest BCUT2D eigenvalue weighted by molar-refractivity contribution is 0.106. The molecule has 0 saturated carbocycles. The van der Waals surface area contributed by atoms with E-state index >= 15 is 0 Å². The second-order valence-electron chi connectivity index (χ2n) is 4.84. The summed E-state index contributed by atoms with van der Waals surface area (Å²) in [4.78, 5) is 20.6. The van der Waals surface area contributed by atoms with Crippen molar-refractivity contribution in [2.75, 3.05) is 5.43 Å². The van der Waals surface area contributed by atoms with E-state index in [1.807, 2.05) is 35.9 Å². The summed E-state index contributed by atoms with van der Waals surface area (Å²) in [6.45, 7) is 1.65. The van der Waals surface area contributed by atoms with Gasteiger partial charge in [-0.2, -0.15) is 5.10 Å². The molecule has 0 aliphatic rings. The Hall–Kier alpha value is -3.02. The highest BCUT2D eigenvalue weighted by molar-refractivity contribution is 6.44. The third-order valence-corrected chi connectivity index (χ3v) is 3.34. The molecule has 0 bridgehead atoms. The molecule has 0 amide bonds. The molecule has 0 aliphatic heterocycles. The predicted octanol–water partition coefficient (Wildman–Crippen LogP) is 2.64. The quantitative estimate of drug-likeness (QED) is 0.456. The molecule has 0 unspecified atom stereocenters. The van der Waals surface area contributed by atoms with Crippen LogP contribution in [0.1, 0.15) is 17.4 Å². The van der Waals surface area contributed by atoms with Gasteiger partial charge in [0, 0.05) is 13.2 Å². The third kappa shape index (κ3) is 2.58. The minimum Gasteiger partial charge on any atom is -0.312 e. The zero-order chi connectivity index (χ0) is 15.5. The van der Waals surface area contributed by atoms with Crippen LogP contribution in [0.25, 0.3) is 11.0 Å². The number of hydrazone groups is 1. The van der Waals surface area contributed by atoms with Crippen molar-refractivity contribution in [2.24, 2.45) is 12.1 Å². The first kappa shape index (κ1) is 13.9. The van der Waals surface area contributed by atoms with Crippen molar-refractivity contribution in [3.63, 3.8) is 0 Å². The molecular formula is C16H15N5O. The number of para-hydroxylation sites is 2. The SMILES string of the molecule is C/C(=N/Nc1nc2ccccc2n1C)C(=O)c1ccccn1. The Morgan fingerprint density at radius 3 is 2.68 bits per heavy atom. The van der Waals surface area contributed by atoms with Crippen molar-refractivity contribution < 1.29 is 4.79 Å². The first-order valence-corrected chi connectivity index (χ1v) is 6.84. The van der Waals surface area contributed by atoms with E-state index in [0.717, 1.165) is 11.0 Å². The smallest absolute Gasteiger partial charge is 0.226 e. The second kappa shape index (κ2) is 5.77. The number of hydrogen-bond donors (Lipinski definition) is 1. The summed E-state index contributed by atoms with van der Waals surface area (Å²) in [5.41, 5.74) is 5.41. The van der Waals surface area contributed by atoms with Crippen LogP contribution in [-0.4, -0.2) is 26.0 Å². The molecular weight excluding hydrogens is 278 g/mol. The van der Waals surface area contributed by atoms with Crippen LogP contribution >= 0.6 is 0 Å². The van der Waals surface area contributed by atoms with E-state index in [1.54, 1.807) is 31.3 Å². The lowest BCUT2D eigenvalue weighted by Gasteiger charge is -2.03. The van der Waals surface area contributed by atoms with Crippen LogP contribution in [-0.2, 0) is 7.05 Å². The normalized spacial score (nSPS) is 11.6. The van der Waals surface area contributed by atoms with Gasteiger partial charge in [0.1, 0.15) is 11.4 Å². The van der Waals surface area contributed by atoms with Crippen LogP contribution in [0.3, 0.4) is 0 Å². The fourth-order valence-electron chi connectivity index (χ4n) is 2.11. The van der Waals surface area contributed by atoms with E-state index in [4.69, 9.17) is 0 Å². The number of carbonyl (C=O) groups is 1. The molecule has 2 aromatic heterocycles. The molecule has 1 N–H and O–H groups in total. The lowest BCUT2D eigenvalue weighted by Crippen LogP contribution is -2.14. The Kier molecular flexibility index (Phi) is 3.65. The van der Waals surface area contributed by atoms with E-state index < -0.39 is 0 Å². The molecule has 0 aliphatic carbocycles. The van der Waals surface area contributed by atoms with Crippen molar-refractivity contribution in [3.8, 4) is 0 Å². The monoisotopic (exact) mass is 293 g/mol. The molecule has 0 spiro atoms. The average Bonchev–Trinajstić information content (AvgIpc) is 2.89. The van der Waals surface area contributed by atoms with Gasteiger partial charge in [0.2, 0.25) is 11.7 Å². The number of ketones is 1.